The first-order valence-electron chi connectivity index (χ1n) is 6.23. The smallest absolute Gasteiger partial charge is 0.234 e. The molecule has 17 heavy (non-hydrogen) atoms. The zero-order chi connectivity index (χ0) is 12.7. The standard InChI is InChI=1S/C13H22N2OS/c1-4-10(3)14-9-13(16)15-8-12-7-6-11(5-2)17-12/h6-7,10,14H,4-5,8-9H2,1-3H3,(H,15,16). The van der Waals surface area contributed by atoms with Crippen molar-refractivity contribution in [1.82, 2.24) is 10.6 Å². The van der Waals surface area contributed by atoms with Gasteiger partial charge in [0.2, 0.25) is 5.91 Å². The fourth-order valence-electron chi connectivity index (χ4n) is 1.37. The fourth-order valence-corrected chi connectivity index (χ4v) is 2.26. The summed E-state index contributed by atoms with van der Waals surface area (Å²) in [4.78, 5) is 14.1. The van der Waals surface area contributed by atoms with Gasteiger partial charge in [-0.25, -0.2) is 0 Å². The van der Waals surface area contributed by atoms with E-state index in [4.69, 9.17) is 0 Å². The minimum atomic E-state index is 0.0664. The van der Waals surface area contributed by atoms with E-state index in [0.717, 1.165) is 12.8 Å². The summed E-state index contributed by atoms with van der Waals surface area (Å²) in [6.07, 6.45) is 2.10. The van der Waals surface area contributed by atoms with Gasteiger partial charge < -0.3 is 10.6 Å². The fraction of sp³-hybridized carbons (Fsp3) is 0.615. The van der Waals surface area contributed by atoms with Crippen molar-refractivity contribution in [2.24, 2.45) is 0 Å². The number of thiophene rings is 1. The van der Waals surface area contributed by atoms with Crippen LogP contribution in [0.1, 0.15) is 36.9 Å². The molecule has 3 nitrogen and oxygen atoms in total. The van der Waals surface area contributed by atoms with Gasteiger partial charge in [-0.05, 0) is 31.9 Å². The summed E-state index contributed by atoms with van der Waals surface area (Å²) in [5.74, 6) is 0.0664. The molecule has 1 aromatic heterocycles. The molecule has 0 saturated heterocycles. The molecular formula is C13H22N2OS. The van der Waals surface area contributed by atoms with Crippen LogP contribution in [0.5, 0.6) is 0 Å². The number of rotatable bonds is 7. The summed E-state index contributed by atoms with van der Waals surface area (Å²) in [7, 11) is 0. The lowest BCUT2D eigenvalue weighted by molar-refractivity contribution is -0.120. The van der Waals surface area contributed by atoms with Crippen molar-refractivity contribution in [3.05, 3.63) is 21.9 Å². The second kappa shape index (κ2) is 7.45. The topological polar surface area (TPSA) is 41.1 Å². The van der Waals surface area contributed by atoms with E-state index >= 15 is 0 Å². The summed E-state index contributed by atoms with van der Waals surface area (Å²) in [6.45, 7) is 7.38. The Bertz CT molecular complexity index is 349. The maximum atomic E-state index is 11.5. The lowest BCUT2D eigenvalue weighted by Gasteiger charge is -2.10. The van der Waals surface area contributed by atoms with E-state index in [9.17, 15) is 4.79 Å². The van der Waals surface area contributed by atoms with Crippen LogP contribution in [0.2, 0.25) is 0 Å². The van der Waals surface area contributed by atoms with Crippen molar-refractivity contribution in [2.75, 3.05) is 6.54 Å². The van der Waals surface area contributed by atoms with Crippen LogP contribution in [0.3, 0.4) is 0 Å². The molecular weight excluding hydrogens is 232 g/mol. The van der Waals surface area contributed by atoms with Crippen LogP contribution in [-0.2, 0) is 17.8 Å². The summed E-state index contributed by atoms with van der Waals surface area (Å²) < 4.78 is 0. The van der Waals surface area contributed by atoms with Crippen molar-refractivity contribution >= 4 is 17.2 Å². The molecule has 0 radical (unpaired) electrons. The van der Waals surface area contributed by atoms with Gasteiger partial charge in [-0.15, -0.1) is 11.3 Å². The first-order chi connectivity index (χ1) is 8.15. The molecule has 1 amide bonds. The summed E-state index contributed by atoms with van der Waals surface area (Å²) in [6, 6.07) is 4.62. The van der Waals surface area contributed by atoms with E-state index in [1.165, 1.54) is 9.75 Å². The predicted octanol–water partition coefficient (Wildman–Crippen LogP) is 2.31. The van der Waals surface area contributed by atoms with Crippen molar-refractivity contribution in [3.63, 3.8) is 0 Å². The molecule has 0 spiro atoms. The zero-order valence-corrected chi connectivity index (χ0v) is 11.7. The van der Waals surface area contributed by atoms with Crippen LogP contribution in [0.4, 0.5) is 0 Å². The van der Waals surface area contributed by atoms with E-state index in [-0.39, 0.29) is 5.91 Å². The molecule has 0 aliphatic rings. The maximum Gasteiger partial charge on any atom is 0.234 e. The summed E-state index contributed by atoms with van der Waals surface area (Å²) in [5.41, 5.74) is 0. The van der Waals surface area contributed by atoms with Gasteiger partial charge in [-0.1, -0.05) is 13.8 Å². The number of aryl methyl sites for hydroxylation is 1. The van der Waals surface area contributed by atoms with Gasteiger partial charge in [0, 0.05) is 15.8 Å². The number of hydrogen-bond donors (Lipinski definition) is 2. The number of amides is 1. The molecule has 96 valence electrons. The van der Waals surface area contributed by atoms with Crippen molar-refractivity contribution in [3.8, 4) is 0 Å². The Morgan fingerprint density at radius 1 is 1.35 bits per heavy atom. The van der Waals surface area contributed by atoms with E-state index in [0.29, 0.717) is 19.1 Å². The third kappa shape index (κ3) is 5.33. The first kappa shape index (κ1) is 14.2. The largest absolute Gasteiger partial charge is 0.350 e. The molecule has 2 N–H and O–H groups in total. The monoisotopic (exact) mass is 254 g/mol. The molecule has 1 atom stereocenters. The average molecular weight is 254 g/mol. The normalized spacial score (nSPS) is 12.4. The molecule has 0 aromatic carbocycles. The number of hydrogen-bond acceptors (Lipinski definition) is 3. The van der Waals surface area contributed by atoms with Crippen LogP contribution >= 0.6 is 11.3 Å². The highest BCUT2D eigenvalue weighted by molar-refractivity contribution is 7.11. The molecule has 1 rings (SSSR count). The van der Waals surface area contributed by atoms with Gasteiger partial charge in [-0.2, -0.15) is 0 Å². The number of carbonyl (C=O) groups excluding carboxylic acids is 1. The Morgan fingerprint density at radius 2 is 2.06 bits per heavy atom. The first-order valence-corrected chi connectivity index (χ1v) is 7.05. The minimum absolute atomic E-state index is 0.0664. The van der Waals surface area contributed by atoms with Crippen molar-refractivity contribution in [1.29, 1.82) is 0 Å². The van der Waals surface area contributed by atoms with E-state index < -0.39 is 0 Å². The Balaban J connectivity index is 2.23. The lowest BCUT2D eigenvalue weighted by atomic mass is 10.2. The third-order valence-electron chi connectivity index (χ3n) is 2.75. The second-order valence-electron chi connectivity index (χ2n) is 4.19. The lowest BCUT2D eigenvalue weighted by Crippen LogP contribution is -2.37. The highest BCUT2D eigenvalue weighted by Crippen LogP contribution is 2.16. The van der Waals surface area contributed by atoms with Crippen LogP contribution in [0.25, 0.3) is 0 Å². The van der Waals surface area contributed by atoms with Gasteiger partial charge in [-0.3, -0.25) is 4.79 Å². The highest BCUT2D eigenvalue weighted by atomic mass is 32.1. The van der Waals surface area contributed by atoms with E-state index in [2.05, 4.69) is 43.5 Å². The Kier molecular flexibility index (Phi) is 6.22. The maximum absolute atomic E-state index is 11.5. The Labute approximate surface area is 108 Å². The number of nitrogens with one attached hydrogen (secondary N) is 2. The van der Waals surface area contributed by atoms with Crippen LogP contribution in [0.15, 0.2) is 12.1 Å². The van der Waals surface area contributed by atoms with Gasteiger partial charge >= 0.3 is 0 Å². The molecule has 0 aliphatic heterocycles. The molecule has 0 saturated carbocycles. The Morgan fingerprint density at radius 3 is 2.65 bits per heavy atom. The van der Waals surface area contributed by atoms with E-state index in [1.54, 1.807) is 11.3 Å². The van der Waals surface area contributed by atoms with Gasteiger partial charge in [0.25, 0.3) is 0 Å². The quantitative estimate of drug-likeness (QED) is 0.784. The van der Waals surface area contributed by atoms with E-state index in [1.807, 2.05) is 0 Å². The van der Waals surface area contributed by atoms with Crippen LogP contribution in [0, 0.1) is 0 Å². The molecule has 0 bridgehead atoms. The molecule has 1 heterocycles. The molecule has 1 aromatic rings. The van der Waals surface area contributed by atoms with Crippen molar-refractivity contribution < 1.29 is 4.79 Å². The van der Waals surface area contributed by atoms with Gasteiger partial charge in [0.05, 0.1) is 13.1 Å². The third-order valence-corrected chi connectivity index (χ3v) is 3.98. The predicted molar refractivity (Wildman–Crippen MR) is 73.3 cm³/mol. The molecule has 0 fully saturated rings. The van der Waals surface area contributed by atoms with Crippen LogP contribution < -0.4 is 10.6 Å². The van der Waals surface area contributed by atoms with Gasteiger partial charge in [0.1, 0.15) is 0 Å². The molecule has 0 aliphatic carbocycles. The second-order valence-corrected chi connectivity index (χ2v) is 5.44. The zero-order valence-electron chi connectivity index (χ0n) is 10.9. The Hall–Kier alpha value is -0.870. The molecule has 1 unspecified atom stereocenters. The SMILES string of the molecule is CCc1ccc(CNC(=O)CNC(C)CC)s1. The average Bonchev–Trinajstić information content (AvgIpc) is 2.81. The minimum Gasteiger partial charge on any atom is -0.350 e. The summed E-state index contributed by atoms with van der Waals surface area (Å²) >= 11 is 1.77. The highest BCUT2D eigenvalue weighted by Gasteiger charge is 2.04. The number of carbonyl (C=O) groups is 1. The summed E-state index contributed by atoms with van der Waals surface area (Å²) in [5, 5.41) is 6.10. The molecule has 4 heteroatoms. The van der Waals surface area contributed by atoms with Crippen LogP contribution in [-0.4, -0.2) is 18.5 Å². The van der Waals surface area contributed by atoms with Gasteiger partial charge in [0.15, 0.2) is 0 Å². The van der Waals surface area contributed by atoms with Crippen molar-refractivity contribution in [2.45, 2.75) is 46.2 Å².